The van der Waals surface area contributed by atoms with Crippen molar-refractivity contribution in [3.8, 4) is 11.5 Å². The Kier molecular flexibility index (Phi) is 5.40. The van der Waals surface area contributed by atoms with Crippen molar-refractivity contribution in [2.24, 2.45) is 0 Å². The highest BCUT2D eigenvalue weighted by atomic mass is 32.2. The van der Waals surface area contributed by atoms with Gasteiger partial charge in [0.25, 0.3) is 0 Å². The first kappa shape index (κ1) is 22.2. The van der Waals surface area contributed by atoms with Crippen molar-refractivity contribution in [1.29, 1.82) is 0 Å². The molecule has 0 saturated heterocycles. The average molecular weight is 431 g/mol. The summed E-state index contributed by atoms with van der Waals surface area (Å²) >= 11 is -2.20. The molecule has 0 bridgehead atoms. The topological polar surface area (TPSA) is 52.6 Å². The molecule has 156 valence electrons. The van der Waals surface area contributed by atoms with E-state index in [1.54, 1.807) is 12.1 Å². The summed E-state index contributed by atoms with van der Waals surface area (Å²) in [5.41, 5.74) is 3.08. The van der Waals surface area contributed by atoms with Gasteiger partial charge in [0.05, 0.1) is 0 Å². The summed E-state index contributed by atoms with van der Waals surface area (Å²) in [7, 11) is -3.82. The number of sulfone groups is 1. The third-order valence-electron chi connectivity index (χ3n) is 5.16. The van der Waals surface area contributed by atoms with E-state index in [-0.39, 0.29) is 20.6 Å². The van der Waals surface area contributed by atoms with E-state index >= 15 is 0 Å². The lowest BCUT2D eigenvalue weighted by Crippen LogP contribution is -2.32. The number of rotatable bonds is 0. The molecule has 0 atom stereocenters. The van der Waals surface area contributed by atoms with Gasteiger partial charge < -0.3 is 7.58 Å². The maximum Gasteiger partial charge on any atom is 0.853 e. The van der Waals surface area contributed by atoms with Crippen LogP contribution < -0.4 is 7.58 Å². The van der Waals surface area contributed by atoms with E-state index in [1.807, 2.05) is 31.8 Å². The number of hydrogen-bond acceptors (Lipinski definition) is 4. The van der Waals surface area contributed by atoms with Crippen LogP contribution >= 0.6 is 0 Å². The zero-order valence-corrected chi connectivity index (χ0v) is 20.9. The largest absolute Gasteiger partial charge is 0.853 e. The second kappa shape index (κ2) is 7.04. The first-order valence-electron chi connectivity index (χ1n) is 10.0. The van der Waals surface area contributed by atoms with Gasteiger partial charge in [0, 0.05) is 0 Å². The van der Waals surface area contributed by atoms with Gasteiger partial charge in [-0.3, -0.25) is 0 Å². The third-order valence-corrected chi connectivity index (χ3v) is 8.06. The highest BCUT2D eigenvalue weighted by Crippen LogP contribution is 2.46. The fourth-order valence-electron chi connectivity index (χ4n) is 3.71. The van der Waals surface area contributed by atoms with Gasteiger partial charge in [0.1, 0.15) is 21.3 Å². The van der Waals surface area contributed by atoms with Crippen molar-refractivity contribution in [3.05, 3.63) is 46.5 Å². The van der Waals surface area contributed by atoms with Gasteiger partial charge in [-0.15, -0.1) is 0 Å². The van der Waals surface area contributed by atoms with E-state index in [0.717, 1.165) is 22.3 Å². The number of benzene rings is 2. The Hall–Kier alpha value is -1.48. The summed E-state index contributed by atoms with van der Waals surface area (Å²) in [6, 6.07) is 7.51. The Balaban J connectivity index is 2.46. The first-order chi connectivity index (χ1) is 13.1. The number of fused-ring (bicyclic) bond motifs is 2. The zero-order chi connectivity index (χ0) is 21.9. The molecule has 29 heavy (non-hydrogen) atoms. The minimum absolute atomic E-state index is 0.247. The summed E-state index contributed by atoms with van der Waals surface area (Å²) < 4.78 is 40.3. The molecule has 1 aliphatic heterocycles. The molecule has 0 spiro atoms. The summed E-state index contributed by atoms with van der Waals surface area (Å²) in [5.74, 6) is 2.85. The summed E-state index contributed by atoms with van der Waals surface area (Å²) in [5, 5.41) is 0. The minimum atomic E-state index is -3.82. The fraction of sp³-hybridized carbons (Fsp3) is 0.478. The second-order valence-electron chi connectivity index (χ2n) is 10.1. The predicted molar refractivity (Wildman–Crippen MR) is 118 cm³/mol. The van der Waals surface area contributed by atoms with Crippen LogP contribution in [0, 0.1) is 13.8 Å². The molecule has 1 aliphatic rings. The quantitative estimate of drug-likeness (QED) is 0.509. The molecule has 3 rings (SSSR count). The van der Waals surface area contributed by atoms with E-state index in [9.17, 15) is 8.42 Å². The molecule has 0 amide bonds. The van der Waals surface area contributed by atoms with Crippen LogP contribution in [-0.4, -0.2) is 23.2 Å². The van der Waals surface area contributed by atoms with Crippen molar-refractivity contribution in [3.63, 3.8) is 0 Å². The monoisotopic (exact) mass is 430 g/mol. The van der Waals surface area contributed by atoms with Gasteiger partial charge in [-0.1, -0.05) is 53.7 Å². The van der Waals surface area contributed by atoms with E-state index in [1.165, 1.54) is 0 Å². The highest BCUT2D eigenvalue weighted by Gasteiger charge is 2.40. The smallest absolute Gasteiger partial charge is 0.611 e. The Morgan fingerprint density at radius 1 is 0.724 bits per heavy atom. The molecule has 0 aromatic heterocycles. The number of hydrogen-bond donors (Lipinski definition) is 0. The van der Waals surface area contributed by atoms with E-state index in [2.05, 4.69) is 41.5 Å². The minimum Gasteiger partial charge on any atom is -0.611 e. The Morgan fingerprint density at radius 3 is 1.38 bits per heavy atom. The van der Waals surface area contributed by atoms with Crippen LogP contribution in [0.1, 0.15) is 63.8 Å². The zero-order valence-electron chi connectivity index (χ0n) is 18.9. The van der Waals surface area contributed by atoms with E-state index in [4.69, 9.17) is 7.58 Å². The van der Waals surface area contributed by atoms with Crippen LogP contribution in [0.25, 0.3) is 0 Å². The molecule has 2 aromatic carbocycles. The lowest BCUT2D eigenvalue weighted by Gasteiger charge is -2.32. The molecule has 0 aliphatic carbocycles. The summed E-state index contributed by atoms with van der Waals surface area (Å²) in [6.45, 7) is 16.3. The standard InChI is InChI=1S/C22H30O4S.CH3.Al/c1-13-9-15(21(3,4)5)19(23)17(11-13)27(25,26)18-12-14(2)10-16(20(18)24)22(6,7)8;;/h9-12,23-24H,1-8H3;1H3;/q;;+2/p-2. The maximum absolute atomic E-state index is 13.9. The molecule has 4 nitrogen and oxygen atoms in total. The summed E-state index contributed by atoms with van der Waals surface area (Å²) in [6.07, 6.45) is 0. The lowest BCUT2D eigenvalue weighted by atomic mass is 9.85. The van der Waals surface area contributed by atoms with Gasteiger partial charge in [0.2, 0.25) is 9.84 Å². The van der Waals surface area contributed by atoms with Gasteiger partial charge in [-0.2, -0.15) is 0 Å². The van der Waals surface area contributed by atoms with Crippen LogP contribution in [0.4, 0.5) is 0 Å². The van der Waals surface area contributed by atoms with Gasteiger partial charge in [-0.05, 0) is 64.8 Å². The van der Waals surface area contributed by atoms with Gasteiger partial charge in [0.15, 0.2) is 0 Å². The van der Waals surface area contributed by atoms with Crippen molar-refractivity contribution in [2.75, 3.05) is 0 Å². The molecule has 0 saturated carbocycles. The van der Waals surface area contributed by atoms with Crippen LogP contribution in [0.5, 0.6) is 11.5 Å². The first-order valence-corrected chi connectivity index (χ1v) is 13.6. The molecule has 6 heteroatoms. The Bertz CT molecular complexity index is 994. The predicted octanol–water partition coefficient (Wildman–Crippen LogP) is 5.62. The lowest BCUT2D eigenvalue weighted by molar-refractivity contribution is 0.393. The van der Waals surface area contributed by atoms with Crippen LogP contribution in [0.3, 0.4) is 0 Å². The van der Waals surface area contributed by atoms with Crippen LogP contribution in [0.15, 0.2) is 34.1 Å². The van der Waals surface area contributed by atoms with Gasteiger partial charge >= 0.3 is 14.8 Å². The van der Waals surface area contributed by atoms with Crippen molar-refractivity contribution >= 4 is 24.7 Å². The van der Waals surface area contributed by atoms with E-state index < -0.39 is 24.7 Å². The Labute approximate surface area is 180 Å². The fourth-order valence-corrected chi connectivity index (χ4v) is 6.82. The van der Waals surface area contributed by atoms with Gasteiger partial charge in [-0.25, -0.2) is 8.42 Å². The van der Waals surface area contributed by atoms with Crippen LogP contribution in [0.2, 0.25) is 5.79 Å². The Morgan fingerprint density at radius 2 is 1.07 bits per heavy atom. The highest BCUT2D eigenvalue weighted by molar-refractivity contribution is 7.91. The molecule has 0 radical (unpaired) electrons. The molecule has 0 N–H and O–H groups in total. The average Bonchev–Trinajstić information content (AvgIpc) is 2.54. The SMILES string of the molecule is Cc1cc(C(C)(C)C)c2c(c1)S(=O)(=O)c1cc(C)cc(C(C)(C)C)c1[O][Al]([CH3])[O]2. The molecular formula is C23H31AlO4S. The number of aryl methyl sites for hydroxylation is 2. The third kappa shape index (κ3) is 4.08. The normalized spacial score (nSPS) is 16.1. The molecule has 1 heterocycles. The second-order valence-corrected chi connectivity index (χ2v) is 13.6. The van der Waals surface area contributed by atoms with E-state index in [0.29, 0.717) is 11.5 Å². The summed E-state index contributed by atoms with van der Waals surface area (Å²) in [4.78, 5) is 0.494. The van der Waals surface area contributed by atoms with Crippen molar-refractivity contribution in [1.82, 2.24) is 0 Å². The van der Waals surface area contributed by atoms with Crippen molar-refractivity contribution < 1.29 is 16.0 Å². The maximum atomic E-state index is 13.9. The van der Waals surface area contributed by atoms with Crippen LogP contribution in [-0.2, 0) is 20.7 Å². The molecule has 2 aromatic rings. The molecule has 0 fully saturated rings. The molecular weight excluding hydrogens is 399 g/mol. The molecule has 0 unspecified atom stereocenters. The van der Waals surface area contributed by atoms with Crippen molar-refractivity contribution in [2.45, 2.75) is 81.8 Å².